The number of nitrogens with one attached hydrogen (secondary N) is 1. The highest BCUT2D eigenvalue weighted by Gasteiger charge is 2.39. The van der Waals surface area contributed by atoms with Crippen molar-refractivity contribution in [3.8, 4) is 0 Å². The van der Waals surface area contributed by atoms with Crippen LogP contribution in [0.25, 0.3) is 10.9 Å². The summed E-state index contributed by atoms with van der Waals surface area (Å²) in [6, 6.07) is 6.54. The number of carboxylic acid groups (broad SMARTS) is 1. The minimum Gasteiger partial charge on any atom is -0.480 e. The fourth-order valence-electron chi connectivity index (χ4n) is 2.63. The summed E-state index contributed by atoms with van der Waals surface area (Å²) in [5.41, 5.74) is 1.52. The van der Waals surface area contributed by atoms with Gasteiger partial charge in [0.1, 0.15) is 6.04 Å². The summed E-state index contributed by atoms with van der Waals surface area (Å²) in [5, 5.41) is 12.7. The van der Waals surface area contributed by atoms with Crippen LogP contribution in [0.4, 0.5) is 0 Å². The molecule has 102 valence electrons. The van der Waals surface area contributed by atoms with Crippen LogP contribution in [0.1, 0.15) is 17.9 Å². The Balaban J connectivity index is 2.17. The summed E-state index contributed by atoms with van der Waals surface area (Å²) in [4.78, 5) is 27.2. The molecule has 5 nitrogen and oxygen atoms in total. The molecule has 1 aromatic carbocycles. The Morgan fingerprint density at radius 1 is 1.40 bits per heavy atom. The lowest BCUT2D eigenvalue weighted by molar-refractivity contribution is -0.140. The largest absolute Gasteiger partial charge is 0.480 e. The van der Waals surface area contributed by atoms with E-state index in [1.54, 1.807) is 6.20 Å². The molecule has 20 heavy (non-hydrogen) atoms. The van der Waals surface area contributed by atoms with Gasteiger partial charge >= 0.3 is 5.97 Å². The van der Waals surface area contributed by atoms with Gasteiger partial charge in [-0.05, 0) is 17.7 Å². The number of fused-ring (bicyclic) bond motifs is 1. The van der Waals surface area contributed by atoms with Gasteiger partial charge in [-0.3, -0.25) is 9.78 Å². The van der Waals surface area contributed by atoms with E-state index in [0.29, 0.717) is 0 Å². The van der Waals surface area contributed by atoms with Gasteiger partial charge in [0.2, 0.25) is 5.91 Å². The third-order valence-electron chi connectivity index (χ3n) is 3.54. The average molecular weight is 335 g/mol. The first-order valence-corrected chi connectivity index (χ1v) is 6.92. The summed E-state index contributed by atoms with van der Waals surface area (Å²) in [5.74, 6) is -1.66. The second kappa shape index (κ2) is 4.86. The van der Waals surface area contributed by atoms with E-state index in [1.165, 1.54) is 0 Å². The second-order valence-corrected chi connectivity index (χ2v) is 5.58. The number of hydrogen-bond acceptors (Lipinski definition) is 3. The third-order valence-corrected chi connectivity index (χ3v) is 4.23. The van der Waals surface area contributed by atoms with Gasteiger partial charge in [-0.1, -0.05) is 28.1 Å². The average Bonchev–Trinajstić information content (AvgIpc) is 2.82. The highest BCUT2D eigenvalue weighted by atomic mass is 79.9. The molecule has 2 heterocycles. The lowest BCUT2D eigenvalue weighted by atomic mass is 9.90. The van der Waals surface area contributed by atoms with Crippen LogP contribution in [0.15, 0.2) is 34.9 Å². The Kier molecular flexibility index (Phi) is 3.17. The van der Waals surface area contributed by atoms with Crippen molar-refractivity contribution in [3.05, 3.63) is 40.5 Å². The molecule has 6 heteroatoms. The summed E-state index contributed by atoms with van der Waals surface area (Å²) >= 11 is 3.46. The molecule has 1 aliphatic rings. The first kappa shape index (κ1) is 13.1. The van der Waals surface area contributed by atoms with Crippen molar-refractivity contribution < 1.29 is 14.7 Å². The van der Waals surface area contributed by atoms with Crippen molar-refractivity contribution in [3.63, 3.8) is 0 Å². The topological polar surface area (TPSA) is 79.3 Å². The molecular weight excluding hydrogens is 324 g/mol. The summed E-state index contributed by atoms with van der Waals surface area (Å²) in [7, 11) is 0. The van der Waals surface area contributed by atoms with E-state index in [4.69, 9.17) is 0 Å². The van der Waals surface area contributed by atoms with E-state index in [1.807, 2.05) is 24.3 Å². The summed E-state index contributed by atoms with van der Waals surface area (Å²) in [6.45, 7) is 0. The highest BCUT2D eigenvalue weighted by molar-refractivity contribution is 9.10. The van der Waals surface area contributed by atoms with Gasteiger partial charge in [0.15, 0.2) is 0 Å². The van der Waals surface area contributed by atoms with E-state index in [2.05, 4.69) is 26.2 Å². The maximum absolute atomic E-state index is 11.5. The van der Waals surface area contributed by atoms with Crippen molar-refractivity contribution in [1.82, 2.24) is 10.3 Å². The maximum Gasteiger partial charge on any atom is 0.326 e. The van der Waals surface area contributed by atoms with Crippen LogP contribution in [0.3, 0.4) is 0 Å². The maximum atomic E-state index is 11.5. The minimum atomic E-state index is -1.02. The van der Waals surface area contributed by atoms with Crippen molar-refractivity contribution in [1.29, 1.82) is 0 Å². The van der Waals surface area contributed by atoms with Crippen molar-refractivity contribution >= 4 is 38.7 Å². The normalized spacial score (nSPS) is 21.9. The molecule has 1 amide bonds. The molecule has 0 saturated carbocycles. The number of carbonyl (C=O) groups is 2. The molecule has 1 aliphatic heterocycles. The highest BCUT2D eigenvalue weighted by Crippen LogP contribution is 2.35. The predicted octanol–water partition coefficient (Wildman–Crippen LogP) is 2.05. The fourth-order valence-corrected chi connectivity index (χ4v) is 3.08. The molecule has 0 bridgehead atoms. The van der Waals surface area contributed by atoms with Gasteiger partial charge in [0, 0.05) is 28.4 Å². The van der Waals surface area contributed by atoms with E-state index in [0.717, 1.165) is 20.9 Å². The van der Waals surface area contributed by atoms with E-state index in [9.17, 15) is 14.7 Å². The Bertz CT molecular complexity index is 717. The van der Waals surface area contributed by atoms with Crippen molar-refractivity contribution in [2.24, 2.45) is 0 Å². The quantitative estimate of drug-likeness (QED) is 0.880. The van der Waals surface area contributed by atoms with E-state index < -0.39 is 17.9 Å². The number of rotatable bonds is 2. The molecule has 0 radical (unpaired) electrons. The zero-order valence-electron chi connectivity index (χ0n) is 10.3. The monoisotopic (exact) mass is 334 g/mol. The standard InChI is InChI=1S/C14H11BrN2O3/c15-10-4-3-7(12-8(10)2-1-5-16-12)9-6-11(18)17-13(9)14(19)20/h1-5,9,13H,6H2,(H,17,18)(H,19,20). The number of halogens is 1. The van der Waals surface area contributed by atoms with Crippen molar-refractivity contribution in [2.45, 2.75) is 18.4 Å². The van der Waals surface area contributed by atoms with E-state index in [-0.39, 0.29) is 12.3 Å². The molecule has 1 fully saturated rings. The SMILES string of the molecule is O=C1CC(c2ccc(Br)c3cccnc23)C(C(=O)O)N1. The number of carbonyl (C=O) groups excluding carboxylic acids is 1. The number of pyridine rings is 1. The van der Waals surface area contributed by atoms with Crippen LogP contribution >= 0.6 is 15.9 Å². The Labute approximate surface area is 123 Å². The Hall–Kier alpha value is -1.95. The number of carboxylic acids is 1. The minimum absolute atomic E-state index is 0.171. The first-order chi connectivity index (χ1) is 9.58. The number of nitrogens with zero attached hydrogens (tertiary/aromatic N) is 1. The zero-order chi connectivity index (χ0) is 14.3. The third kappa shape index (κ3) is 2.06. The van der Waals surface area contributed by atoms with Gasteiger partial charge in [-0.15, -0.1) is 0 Å². The van der Waals surface area contributed by atoms with Gasteiger partial charge in [-0.2, -0.15) is 0 Å². The fraction of sp³-hybridized carbons (Fsp3) is 0.214. The summed E-state index contributed by atoms with van der Waals surface area (Å²) < 4.78 is 0.897. The van der Waals surface area contributed by atoms with Gasteiger partial charge in [0.25, 0.3) is 0 Å². The summed E-state index contributed by atoms with van der Waals surface area (Å²) in [6.07, 6.45) is 1.84. The Morgan fingerprint density at radius 2 is 2.20 bits per heavy atom. The molecule has 1 saturated heterocycles. The number of amides is 1. The van der Waals surface area contributed by atoms with Crippen LogP contribution in [0.5, 0.6) is 0 Å². The predicted molar refractivity (Wildman–Crippen MR) is 76.4 cm³/mol. The van der Waals surface area contributed by atoms with Crippen LogP contribution in [0, 0.1) is 0 Å². The molecule has 2 N–H and O–H groups in total. The molecule has 3 rings (SSSR count). The molecule has 0 spiro atoms. The van der Waals surface area contributed by atoms with Crippen LogP contribution < -0.4 is 5.32 Å². The molecule has 0 aliphatic carbocycles. The number of benzene rings is 1. The molecular formula is C14H11BrN2O3. The Morgan fingerprint density at radius 3 is 2.95 bits per heavy atom. The van der Waals surface area contributed by atoms with Crippen LogP contribution in [-0.2, 0) is 9.59 Å². The van der Waals surface area contributed by atoms with Crippen LogP contribution in [0.2, 0.25) is 0 Å². The molecule has 1 aromatic heterocycles. The zero-order valence-corrected chi connectivity index (χ0v) is 11.9. The van der Waals surface area contributed by atoms with Gasteiger partial charge in [-0.25, -0.2) is 4.79 Å². The van der Waals surface area contributed by atoms with Gasteiger partial charge < -0.3 is 10.4 Å². The molecule has 2 aromatic rings. The first-order valence-electron chi connectivity index (χ1n) is 6.13. The molecule has 2 atom stereocenters. The van der Waals surface area contributed by atoms with E-state index >= 15 is 0 Å². The second-order valence-electron chi connectivity index (χ2n) is 4.73. The number of aliphatic carboxylic acids is 1. The number of hydrogen-bond donors (Lipinski definition) is 2. The van der Waals surface area contributed by atoms with Crippen molar-refractivity contribution in [2.75, 3.05) is 0 Å². The number of aromatic nitrogens is 1. The smallest absolute Gasteiger partial charge is 0.326 e. The molecule has 2 unspecified atom stereocenters. The van der Waals surface area contributed by atoms with Gasteiger partial charge in [0.05, 0.1) is 5.52 Å². The lowest BCUT2D eigenvalue weighted by Crippen LogP contribution is -2.36. The lowest BCUT2D eigenvalue weighted by Gasteiger charge is -2.17. The van der Waals surface area contributed by atoms with Crippen LogP contribution in [-0.4, -0.2) is 28.0 Å².